The third kappa shape index (κ3) is 8.98. The average Bonchev–Trinajstić information content (AvgIpc) is 2.50. The van der Waals surface area contributed by atoms with Crippen molar-refractivity contribution >= 4 is 12.0 Å². The number of hydrogen-bond donors (Lipinski definition) is 2. The molecule has 0 aliphatic rings. The lowest BCUT2D eigenvalue weighted by molar-refractivity contribution is -0.121. The molecule has 0 saturated heterocycles. The predicted molar refractivity (Wildman–Crippen MR) is 97.9 cm³/mol. The first-order chi connectivity index (χ1) is 11.7. The zero-order valence-electron chi connectivity index (χ0n) is 15.9. The minimum Gasteiger partial charge on any atom is -0.496 e. The fraction of sp³-hybridized carbons (Fsp3) is 0.579. The summed E-state index contributed by atoms with van der Waals surface area (Å²) in [5.41, 5.74) is 1.72. The van der Waals surface area contributed by atoms with Crippen LogP contribution < -0.4 is 15.4 Å². The van der Waals surface area contributed by atoms with E-state index >= 15 is 0 Å². The standard InChI is InChI=1S/C19H30N2O4/c1-14-8-9-16(24-5)15(13-14)10-12-20-17(22)7-6-11-21-18(23)25-19(2,3)4/h8-9,13H,6-7,10-12H2,1-5H3,(H,20,22)(H,21,23). The third-order valence-corrected chi connectivity index (χ3v) is 3.40. The van der Waals surface area contributed by atoms with Crippen LogP contribution in [-0.2, 0) is 16.0 Å². The maximum absolute atomic E-state index is 11.8. The van der Waals surface area contributed by atoms with Gasteiger partial charge in [-0.1, -0.05) is 17.7 Å². The van der Waals surface area contributed by atoms with Crippen LogP contribution in [0.25, 0.3) is 0 Å². The van der Waals surface area contributed by atoms with Crippen molar-refractivity contribution in [2.24, 2.45) is 0 Å². The van der Waals surface area contributed by atoms with Crippen LogP contribution >= 0.6 is 0 Å². The Bertz CT molecular complexity index is 579. The summed E-state index contributed by atoms with van der Waals surface area (Å²) in [4.78, 5) is 23.3. The number of benzene rings is 1. The summed E-state index contributed by atoms with van der Waals surface area (Å²) in [5.74, 6) is 0.805. The molecule has 0 spiro atoms. The van der Waals surface area contributed by atoms with Crippen LogP contribution in [0.15, 0.2) is 18.2 Å². The summed E-state index contributed by atoms with van der Waals surface area (Å²) >= 11 is 0. The molecule has 0 aliphatic heterocycles. The van der Waals surface area contributed by atoms with E-state index in [-0.39, 0.29) is 5.91 Å². The van der Waals surface area contributed by atoms with Crippen LogP contribution in [0.2, 0.25) is 0 Å². The molecular weight excluding hydrogens is 320 g/mol. The van der Waals surface area contributed by atoms with E-state index in [1.54, 1.807) is 7.11 Å². The van der Waals surface area contributed by atoms with Gasteiger partial charge in [-0.2, -0.15) is 0 Å². The molecule has 0 fully saturated rings. The number of carbonyl (C=O) groups excluding carboxylic acids is 2. The van der Waals surface area contributed by atoms with Crippen molar-refractivity contribution in [2.75, 3.05) is 20.2 Å². The van der Waals surface area contributed by atoms with Crippen LogP contribution in [0.3, 0.4) is 0 Å². The summed E-state index contributed by atoms with van der Waals surface area (Å²) < 4.78 is 10.5. The van der Waals surface area contributed by atoms with Gasteiger partial charge in [0.05, 0.1) is 7.11 Å². The lowest BCUT2D eigenvalue weighted by Crippen LogP contribution is -2.33. The Morgan fingerprint density at radius 1 is 1.12 bits per heavy atom. The quantitative estimate of drug-likeness (QED) is 0.707. The van der Waals surface area contributed by atoms with E-state index in [9.17, 15) is 9.59 Å². The van der Waals surface area contributed by atoms with Gasteiger partial charge in [-0.3, -0.25) is 4.79 Å². The van der Waals surface area contributed by atoms with Gasteiger partial charge in [-0.05, 0) is 52.2 Å². The van der Waals surface area contributed by atoms with E-state index in [1.807, 2.05) is 39.8 Å². The molecule has 0 aromatic heterocycles. The van der Waals surface area contributed by atoms with Gasteiger partial charge in [0.1, 0.15) is 11.4 Å². The van der Waals surface area contributed by atoms with Crippen LogP contribution in [0.1, 0.15) is 44.7 Å². The molecule has 6 nitrogen and oxygen atoms in total. The topological polar surface area (TPSA) is 76.7 Å². The smallest absolute Gasteiger partial charge is 0.407 e. The predicted octanol–water partition coefficient (Wildman–Crippen LogP) is 2.97. The molecule has 0 radical (unpaired) electrons. The van der Waals surface area contributed by atoms with Gasteiger partial charge in [0.15, 0.2) is 0 Å². The number of hydrogen-bond acceptors (Lipinski definition) is 4. The van der Waals surface area contributed by atoms with Gasteiger partial charge in [-0.25, -0.2) is 4.79 Å². The normalized spacial score (nSPS) is 10.9. The number of rotatable bonds is 8. The van der Waals surface area contributed by atoms with Crippen LogP contribution in [0.4, 0.5) is 4.79 Å². The summed E-state index contributed by atoms with van der Waals surface area (Å²) in [6, 6.07) is 6.00. The van der Waals surface area contributed by atoms with Crippen LogP contribution in [0.5, 0.6) is 5.75 Å². The van der Waals surface area contributed by atoms with Gasteiger partial charge >= 0.3 is 6.09 Å². The van der Waals surface area contributed by atoms with Gasteiger partial charge < -0.3 is 20.1 Å². The minimum absolute atomic E-state index is 0.0300. The van der Waals surface area contributed by atoms with Crippen molar-refractivity contribution in [3.63, 3.8) is 0 Å². The lowest BCUT2D eigenvalue weighted by atomic mass is 10.1. The Labute approximate surface area is 150 Å². The molecule has 1 rings (SSSR count). The van der Waals surface area contributed by atoms with Crippen molar-refractivity contribution in [3.8, 4) is 5.75 Å². The average molecular weight is 350 g/mol. The number of amides is 2. The lowest BCUT2D eigenvalue weighted by Gasteiger charge is -2.19. The van der Waals surface area contributed by atoms with Gasteiger partial charge in [0.2, 0.25) is 5.91 Å². The van der Waals surface area contributed by atoms with Crippen molar-refractivity contribution < 1.29 is 19.1 Å². The third-order valence-electron chi connectivity index (χ3n) is 3.40. The van der Waals surface area contributed by atoms with Crippen molar-refractivity contribution in [1.82, 2.24) is 10.6 Å². The highest BCUT2D eigenvalue weighted by Crippen LogP contribution is 2.19. The number of carbonyl (C=O) groups is 2. The van der Waals surface area contributed by atoms with Crippen molar-refractivity contribution in [2.45, 2.75) is 52.6 Å². The summed E-state index contributed by atoms with van der Waals surface area (Å²) in [6.07, 6.45) is 1.19. The molecule has 2 N–H and O–H groups in total. The van der Waals surface area contributed by atoms with Crippen molar-refractivity contribution in [1.29, 1.82) is 0 Å². The molecule has 2 amide bonds. The number of nitrogens with one attached hydrogen (secondary N) is 2. The Kier molecular flexibility index (Phi) is 8.25. The van der Waals surface area contributed by atoms with E-state index in [2.05, 4.69) is 16.7 Å². The molecule has 0 heterocycles. The molecule has 1 aromatic carbocycles. The summed E-state index contributed by atoms with van der Waals surface area (Å²) in [6.45, 7) is 8.42. The first-order valence-corrected chi connectivity index (χ1v) is 8.58. The molecule has 6 heteroatoms. The molecule has 0 bridgehead atoms. The van der Waals surface area contributed by atoms with Crippen LogP contribution in [-0.4, -0.2) is 37.8 Å². The first kappa shape index (κ1) is 20.8. The number of methoxy groups -OCH3 is 1. The molecule has 0 unspecified atom stereocenters. The van der Waals surface area contributed by atoms with E-state index in [1.165, 1.54) is 0 Å². The van der Waals surface area contributed by atoms with Crippen molar-refractivity contribution in [3.05, 3.63) is 29.3 Å². The van der Waals surface area contributed by atoms with E-state index in [0.29, 0.717) is 32.4 Å². The minimum atomic E-state index is -0.516. The van der Waals surface area contributed by atoms with E-state index in [0.717, 1.165) is 16.9 Å². The van der Waals surface area contributed by atoms with E-state index < -0.39 is 11.7 Å². The van der Waals surface area contributed by atoms with Gasteiger partial charge in [-0.15, -0.1) is 0 Å². The molecule has 140 valence electrons. The maximum Gasteiger partial charge on any atom is 0.407 e. The Morgan fingerprint density at radius 2 is 1.84 bits per heavy atom. The molecule has 0 aliphatic carbocycles. The Hall–Kier alpha value is -2.24. The highest BCUT2D eigenvalue weighted by Gasteiger charge is 2.15. The van der Waals surface area contributed by atoms with Gasteiger partial charge in [0.25, 0.3) is 0 Å². The highest BCUT2D eigenvalue weighted by molar-refractivity contribution is 5.76. The van der Waals surface area contributed by atoms with Gasteiger partial charge in [0, 0.05) is 19.5 Å². The monoisotopic (exact) mass is 350 g/mol. The zero-order chi connectivity index (χ0) is 18.9. The molecular formula is C19H30N2O4. The zero-order valence-corrected chi connectivity index (χ0v) is 15.9. The Balaban J connectivity index is 2.21. The number of ether oxygens (including phenoxy) is 2. The second-order valence-electron chi connectivity index (χ2n) is 6.95. The number of aryl methyl sites for hydroxylation is 1. The second kappa shape index (κ2) is 9.91. The summed E-state index contributed by atoms with van der Waals surface area (Å²) in [5, 5.41) is 5.53. The maximum atomic E-state index is 11.8. The molecule has 1 aromatic rings. The van der Waals surface area contributed by atoms with E-state index in [4.69, 9.17) is 9.47 Å². The second-order valence-corrected chi connectivity index (χ2v) is 6.95. The SMILES string of the molecule is COc1ccc(C)cc1CCNC(=O)CCCNC(=O)OC(C)(C)C. The Morgan fingerprint density at radius 3 is 2.48 bits per heavy atom. The number of alkyl carbamates (subject to hydrolysis) is 1. The molecule has 0 atom stereocenters. The van der Waals surface area contributed by atoms with Crippen LogP contribution in [0, 0.1) is 6.92 Å². The first-order valence-electron chi connectivity index (χ1n) is 8.58. The largest absolute Gasteiger partial charge is 0.496 e. The fourth-order valence-electron chi connectivity index (χ4n) is 2.28. The molecule has 25 heavy (non-hydrogen) atoms. The summed E-state index contributed by atoms with van der Waals surface area (Å²) in [7, 11) is 1.64. The molecule has 0 saturated carbocycles. The fourth-order valence-corrected chi connectivity index (χ4v) is 2.28. The highest BCUT2D eigenvalue weighted by atomic mass is 16.6.